The molecular weight excluding hydrogens is 471 g/mol. The van der Waals surface area contributed by atoms with E-state index in [4.69, 9.17) is 9.73 Å². The third kappa shape index (κ3) is 6.27. The van der Waals surface area contributed by atoms with Gasteiger partial charge in [-0.15, -0.1) is 35.3 Å². The maximum Gasteiger partial charge on any atom is 0.191 e. The number of ether oxygens (including phenoxy) is 1. The number of nitrogens with one attached hydrogen (secondary N) is 2. The molecule has 0 aliphatic carbocycles. The molecule has 148 valence electrons. The van der Waals surface area contributed by atoms with Gasteiger partial charge < -0.3 is 20.3 Å². The van der Waals surface area contributed by atoms with E-state index in [1.54, 1.807) is 7.11 Å². The molecule has 0 saturated carbocycles. The highest BCUT2D eigenvalue weighted by molar-refractivity contribution is 14.0. The molecule has 1 aromatic carbocycles. The second-order valence-electron chi connectivity index (χ2n) is 6.36. The van der Waals surface area contributed by atoms with Gasteiger partial charge in [0.15, 0.2) is 5.96 Å². The summed E-state index contributed by atoms with van der Waals surface area (Å²) in [5.41, 5.74) is 1.10. The van der Waals surface area contributed by atoms with Crippen LogP contribution >= 0.6 is 35.3 Å². The third-order valence-corrected chi connectivity index (χ3v) is 5.53. The maximum atomic E-state index is 5.42. The van der Waals surface area contributed by atoms with Gasteiger partial charge in [0.1, 0.15) is 5.75 Å². The van der Waals surface area contributed by atoms with Crippen LogP contribution < -0.4 is 20.3 Å². The monoisotopic (exact) mass is 500 g/mol. The summed E-state index contributed by atoms with van der Waals surface area (Å²) in [6.45, 7) is 5.73. The normalized spacial score (nSPS) is 15.2. The van der Waals surface area contributed by atoms with E-state index in [9.17, 15) is 0 Å². The highest BCUT2D eigenvalue weighted by atomic mass is 127. The van der Waals surface area contributed by atoms with Gasteiger partial charge in [0.2, 0.25) is 0 Å². The minimum Gasteiger partial charge on any atom is -0.496 e. The molecule has 0 atom stereocenters. The van der Waals surface area contributed by atoms with Crippen LogP contribution in [0.4, 0.5) is 5.00 Å². The number of hydrogen-bond donors (Lipinski definition) is 2. The fourth-order valence-electron chi connectivity index (χ4n) is 3.21. The van der Waals surface area contributed by atoms with Gasteiger partial charge in [-0.3, -0.25) is 0 Å². The van der Waals surface area contributed by atoms with Gasteiger partial charge in [-0.25, -0.2) is 4.99 Å². The topological polar surface area (TPSA) is 48.9 Å². The highest BCUT2D eigenvalue weighted by Gasteiger charge is 2.20. The predicted octanol–water partition coefficient (Wildman–Crippen LogP) is 4.10. The van der Waals surface area contributed by atoms with Crippen molar-refractivity contribution in [2.45, 2.75) is 32.4 Å². The van der Waals surface area contributed by atoms with Crippen LogP contribution in [0.3, 0.4) is 0 Å². The lowest BCUT2D eigenvalue weighted by molar-refractivity contribution is 0.410. The molecule has 0 spiro atoms. The first-order valence-electron chi connectivity index (χ1n) is 9.25. The van der Waals surface area contributed by atoms with Crippen LogP contribution in [-0.4, -0.2) is 38.7 Å². The molecule has 2 heterocycles. The number of anilines is 1. The molecule has 1 saturated heterocycles. The van der Waals surface area contributed by atoms with Crippen LogP contribution in [0.5, 0.6) is 5.75 Å². The minimum absolute atomic E-state index is 0. The van der Waals surface area contributed by atoms with E-state index < -0.39 is 0 Å². The van der Waals surface area contributed by atoms with Crippen LogP contribution in [0.1, 0.15) is 25.3 Å². The lowest BCUT2D eigenvalue weighted by atomic mass is 10.1. The molecule has 7 heteroatoms. The fraction of sp³-hybridized carbons (Fsp3) is 0.450. The van der Waals surface area contributed by atoms with E-state index in [1.165, 1.54) is 5.00 Å². The Morgan fingerprint density at radius 2 is 2.00 bits per heavy atom. The van der Waals surface area contributed by atoms with Gasteiger partial charge in [-0.1, -0.05) is 18.2 Å². The quantitative estimate of drug-likeness (QED) is 0.356. The third-order valence-electron chi connectivity index (χ3n) is 4.60. The molecule has 0 radical (unpaired) electrons. The molecule has 1 fully saturated rings. The number of guanidine groups is 1. The Balaban J connectivity index is 0.00000261. The molecule has 5 nitrogen and oxygen atoms in total. The smallest absolute Gasteiger partial charge is 0.191 e. The SMILES string of the molecule is CCNC(=NCc1ccccc1OC)NC1CCN(c2cccs2)CC1.I. The van der Waals surface area contributed by atoms with Crippen molar-refractivity contribution < 1.29 is 4.74 Å². The van der Waals surface area contributed by atoms with Crippen molar-refractivity contribution in [3.63, 3.8) is 0 Å². The molecule has 0 unspecified atom stereocenters. The Morgan fingerprint density at radius 3 is 2.67 bits per heavy atom. The molecule has 1 aromatic heterocycles. The van der Waals surface area contributed by atoms with Crippen LogP contribution in [0.2, 0.25) is 0 Å². The number of hydrogen-bond acceptors (Lipinski definition) is 4. The second-order valence-corrected chi connectivity index (χ2v) is 7.29. The van der Waals surface area contributed by atoms with E-state index >= 15 is 0 Å². The number of methoxy groups -OCH3 is 1. The number of nitrogens with zero attached hydrogens (tertiary/aromatic N) is 2. The van der Waals surface area contributed by atoms with E-state index in [2.05, 4.69) is 46.0 Å². The summed E-state index contributed by atoms with van der Waals surface area (Å²) < 4.78 is 5.42. The molecule has 3 rings (SSSR count). The molecule has 1 aliphatic heterocycles. The first-order chi connectivity index (χ1) is 12.8. The number of aliphatic imine (C=N–C) groups is 1. The van der Waals surface area contributed by atoms with Gasteiger partial charge >= 0.3 is 0 Å². The van der Waals surface area contributed by atoms with Gasteiger partial charge in [0.05, 0.1) is 18.7 Å². The largest absolute Gasteiger partial charge is 0.496 e. The van der Waals surface area contributed by atoms with Gasteiger partial charge in [-0.05, 0) is 43.3 Å². The summed E-state index contributed by atoms with van der Waals surface area (Å²) in [5, 5.41) is 10.5. The summed E-state index contributed by atoms with van der Waals surface area (Å²) in [4.78, 5) is 7.23. The molecular formula is C20H29IN4OS. The zero-order valence-corrected chi connectivity index (χ0v) is 19.1. The number of halogens is 1. The molecule has 1 aliphatic rings. The van der Waals surface area contributed by atoms with E-state index in [1.807, 2.05) is 29.5 Å². The Bertz CT molecular complexity index is 700. The van der Waals surface area contributed by atoms with E-state index in [0.717, 1.165) is 49.7 Å². The summed E-state index contributed by atoms with van der Waals surface area (Å²) in [5.74, 6) is 1.77. The minimum atomic E-state index is 0. The first-order valence-corrected chi connectivity index (χ1v) is 10.1. The van der Waals surface area contributed by atoms with Crippen molar-refractivity contribution in [2.24, 2.45) is 4.99 Å². The average molecular weight is 500 g/mol. The van der Waals surface area contributed by atoms with Crippen molar-refractivity contribution in [2.75, 3.05) is 31.6 Å². The van der Waals surface area contributed by atoms with Gasteiger partial charge in [-0.2, -0.15) is 0 Å². The van der Waals surface area contributed by atoms with Crippen LogP contribution in [0.25, 0.3) is 0 Å². The standard InChI is InChI=1S/C20H28N4OS.HI/c1-3-21-20(22-15-16-7-4-5-8-18(16)25-2)23-17-10-12-24(13-11-17)19-9-6-14-26-19;/h4-9,14,17H,3,10-13,15H2,1-2H3,(H2,21,22,23);1H. The van der Waals surface area contributed by atoms with E-state index in [0.29, 0.717) is 12.6 Å². The molecule has 2 aromatic rings. The molecule has 0 bridgehead atoms. The van der Waals surface area contributed by atoms with Gasteiger partial charge in [0, 0.05) is 31.2 Å². The van der Waals surface area contributed by atoms with Crippen molar-refractivity contribution in [3.8, 4) is 5.75 Å². The van der Waals surface area contributed by atoms with Crippen LogP contribution in [0.15, 0.2) is 46.8 Å². The summed E-state index contributed by atoms with van der Waals surface area (Å²) in [6.07, 6.45) is 2.24. The number of piperidine rings is 1. The number of rotatable bonds is 6. The van der Waals surface area contributed by atoms with Crippen LogP contribution in [0, 0.1) is 0 Å². The molecule has 0 amide bonds. The van der Waals surface area contributed by atoms with Crippen LogP contribution in [-0.2, 0) is 6.54 Å². The summed E-state index contributed by atoms with van der Waals surface area (Å²) >= 11 is 1.82. The second kappa shape index (κ2) is 11.4. The Morgan fingerprint density at radius 1 is 1.22 bits per heavy atom. The molecule has 2 N–H and O–H groups in total. The maximum absolute atomic E-state index is 5.42. The van der Waals surface area contributed by atoms with Crippen molar-refractivity contribution >= 4 is 46.3 Å². The lowest BCUT2D eigenvalue weighted by Gasteiger charge is -2.33. The predicted molar refractivity (Wildman–Crippen MR) is 126 cm³/mol. The molecule has 27 heavy (non-hydrogen) atoms. The van der Waals surface area contributed by atoms with Crippen molar-refractivity contribution in [1.82, 2.24) is 10.6 Å². The van der Waals surface area contributed by atoms with E-state index in [-0.39, 0.29) is 24.0 Å². The first kappa shape index (κ1) is 21.8. The Labute approximate surface area is 183 Å². The number of para-hydroxylation sites is 1. The van der Waals surface area contributed by atoms with Crippen molar-refractivity contribution in [1.29, 1.82) is 0 Å². The fourth-order valence-corrected chi connectivity index (χ4v) is 3.99. The highest BCUT2D eigenvalue weighted by Crippen LogP contribution is 2.24. The number of benzene rings is 1. The van der Waals surface area contributed by atoms with Gasteiger partial charge in [0.25, 0.3) is 0 Å². The zero-order chi connectivity index (χ0) is 18.2. The summed E-state index contributed by atoms with van der Waals surface area (Å²) in [6, 6.07) is 12.8. The number of thiophene rings is 1. The summed E-state index contributed by atoms with van der Waals surface area (Å²) in [7, 11) is 1.70. The van der Waals surface area contributed by atoms with Crippen molar-refractivity contribution in [3.05, 3.63) is 47.3 Å². The average Bonchev–Trinajstić information content (AvgIpc) is 3.22. The lowest BCUT2D eigenvalue weighted by Crippen LogP contribution is -2.48. The Hall–Kier alpha value is -1.48. The Kier molecular flexibility index (Phi) is 9.20. The zero-order valence-electron chi connectivity index (χ0n) is 16.0.